The molecule has 0 atom stereocenters. The van der Waals surface area contributed by atoms with Gasteiger partial charge < -0.3 is 9.47 Å². The first-order valence-corrected chi connectivity index (χ1v) is 8.81. The van der Waals surface area contributed by atoms with E-state index in [2.05, 4.69) is 15.3 Å². The van der Waals surface area contributed by atoms with E-state index in [0.717, 1.165) is 22.6 Å². The highest BCUT2D eigenvalue weighted by molar-refractivity contribution is 7.71. The third-order valence-corrected chi connectivity index (χ3v) is 3.87. The molecule has 0 aliphatic carbocycles. The largest absolute Gasteiger partial charge is 0.493 e. The van der Waals surface area contributed by atoms with Gasteiger partial charge in [-0.3, -0.25) is 0 Å². The Hall–Kier alpha value is -2.93. The van der Waals surface area contributed by atoms with E-state index in [1.807, 2.05) is 62.4 Å². The number of hydrogen-bond donors (Lipinski definition) is 1. The molecule has 134 valence electrons. The Balaban J connectivity index is 2.01. The van der Waals surface area contributed by atoms with Crippen LogP contribution < -0.4 is 9.47 Å². The van der Waals surface area contributed by atoms with Crippen LogP contribution in [0.5, 0.6) is 11.5 Å². The Bertz CT molecular complexity index is 962. The Morgan fingerprint density at radius 3 is 2.46 bits per heavy atom. The molecule has 1 N–H and O–H groups in total. The molecule has 7 heteroatoms. The summed E-state index contributed by atoms with van der Waals surface area (Å²) in [5.74, 6) is 2.09. The maximum atomic E-state index is 5.70. The van der Waals surface area contributed by atoms with Gasteiger partial charge in [0, 0.05) is 5.56 Å². The molecule has 0 fully saturated rings. The van der Waals surface area contributed by atoms with Crippen molar-refractivity contribution < 1.29 is 9.47 Å². The van der Waals surface area contributed by atoms with Crippen molar-refractivity contribution in [1.82, 2.24) is 14.9 Å². The summed E-state index contributed by atoms with van der Waals surface area (Å²) in [4.78, 5) is 0. The van der Waals surface area contributed by atoms with E-state index in [0.29, 0.717) is 23.8 Å². The molecular weight excluding hydrogens is 348 g/mol. The van der Waals surface area contributed by atoms with E-state index >= 15 is 0 Å². The SMILES string of the molecule is CCOc1ccccc1/C=N\n1c(-c2ccccc2OCC)n[nH]c1=S. The second-order valence-electron chi connectivity index (χ2n) is 5.31. The Kier molecular flexibility index (Phi) is 5.80. The van der Waals surface area contributed by atoms with E-state index in [4.69, 9.17) is 21.7 Å². The summed E-state index contributed by atoms with van der Waals surface area (Å²) >= 11 is 5.34. The molecule has 3 rings (SSSR count). The fourth-order valence-corrected chi connectivity index (χ4v) is 2.68. The number of para-hydroxylation sites is 2. The molecule has 1 heterocycles. The van der Waals surface area contributed by atoms with Crippen molar-refractivity contribution in [2.45, 2.75) is 13.8 Å². The van der Waals surface area contributed by atoms with Crippen LogP contribution in [0.2, 0.25) is 0 Å². The molecule has 0 saturated heterocycles. The number of H-pyrrole nitrogens is 1. The zero-order valence-corrected chi connectivity index (χ0v) is 15.5. The normalized spacial score (nSPS) is 11.0. The predicted molar refractivity (Wildman–Crippen MR) is 105 cm³/mol. The maximum Gasteiger partial charge on any atom is 0.216 e. The van der Waals surface area contributed by atoms with Gasteiger partial charge in [0.1, 0.15) is 11.5 Å². The summed E-state index contributed by atoms with van der Waals surface area (Å²) in [6.07, 6.45) is 1.71. The first-order chi connectivity index (χ1) is 12.7. The zero-order chi connectivity index (χ0) is 18.4. The first kappa shape index (κ1) is 17.9. The third kappa shape index (κ3) is 3.83. The average Bonchev–Trinajstić information content (AvgIpc) is 3.02. The van der Waals surface area contributed by atoms with Crippen molar-refractivity contribution in [3.63, 3.8) is 0 Å². The lowest BCUT2D eigenvalue weighted by atomic mass is 10.2. The minimum atomic E-state index is 0.399. The molecule has 0 spiro atoms. The van der Waals surface area contributed by atoms with Gasteiger partial charge in [-0.05, 0) is 50.3 Å². The number of aromatic nitrogens is 3. The number of nitrogens with zero attached hydrogens (tertiary/aromatic N) is 3. The maximum absolute atomic E-state index is 5.70. The van der Waals surface area contributed by atoms with E-state index < -0.39 is 0 Å². The Morgan fingerprint density at radius 1 is 1.04 bits per heavy atom. The van der Waals surface area contributed by atoms with Crippen LogP contribution in [0, 0.1) is 4.77 Å². The Labute approximate surface area is 157 Å². The molecule has 3 aromatic rings. The number of nitrogens with one attached hydrogen (secondary N) is 1. The number of ether oxygens (including phenoxy) is 2. The van der Waals surface area contributed by atoms with Gasteiger partial charge in [-0.1, -0.05) is 24.3 Å². The number of aromatic amines is 1. The molecule has 0 unspecified atom stereocenters. The second-order valence-corrected chi connectivity index (χ2v) is 5.70. The molecular formula is C19H20N4O2S. The fourth-order valence-electron chi connectivity index (χ4n) is 2.50. The van der Waals surface area contributed by atoms with Crippen LogP contribution in [0.25, 0.3) is 11.4 Å². The molecule has 0 aliphatic rings. The van der Waals surface area contributed by atoms with Gasteiger partial charge >= 0.3 is 0 Å². The van der Waals surface area contributed by atoms with Gasteiger partial charge in [0.25, 0.3) is 0 Å². The van der Waals surface area contributed by atoms with Crippen molar-refractivity contribution in [2.75, 3.05) is 13.2 Å². The highest BCUT2D eigenvalue weighted by atomic mass is 32.1. The number of rotatable bonds is 7. The molecule has 0 aliphatic heterocycles. The van der Waals surface area contributed by atoms with Gasteiger partial charge in [0.05, 0.1) is 25.0 Å². The second kappa shape index (κ2) is 8.44. The van der Waals surface area contributed by atoms with Gasteiger partial charge in [-0.25, -0.2) is 5.10 Å². The lowest BCUT2D eigenvalue weighted by Crippen LogP contribution is -2.00. The van der Waals surface area contributed by atoms with Crippen LogP contribution in [0.15, 0.2) is 53.6 Å². The summed E-state index contributed by atoms with van der Waals surface area (Å²) in [6.45, 7) is 5.04. The number of hydrogen-bond acceptors (Lipinski definition) is 5. The van der Waals surface area contributed by atoms with Gasteiger partial charge in [0.15, 0.2) is 5.82 Å². The fraction of sp³-hybridized carbons (Fsp3) is 0.211. The van der Waals surface area contributed by atoms with Crippen molar-refractivity contribution in [2.24, 2.45) is 5.10 Å². The summed E-state index contributed by atoms with van der Waals surface area (Å²) in [5, 5.41) is 11.6. The quantitative estimate of drug-likeness (QED) is 0.499. The molecule has 6 nitrogen and oxygen atoms in total. The van der Waals surface area contributed by atoms with Gasteiger partial charge in [-0.15, -0.1) is 0 Å². The van der Waals surface area contributed by atoms with Crippen LogP contribution in [-0.4, -0.2) is 34.3 Å². The summed E-state index contributed by atoms with van der Waals surface area (Å²) in [7, 11) is 0. The zero-order valence-electron chi connectivity index (χ0n) is 14.7. The lowest BCUT2D eigenvalue weighted by molar-refractivity contribution is 0.339. The first-order valence-electron chi connectivity index (χ1n) is 8.40. The van der Waals surface area contributed by atoms with Crippen LogP contribution in [0.3, 0.4) is 0 Å². The van der Waals surface area contributed by atoms with Crippen LogP contribution >= 0.6 is 12.2 Å². The molecule has 0 amide bonds. The van der Waals surface area contributed by atoms with E-state index in [1.54, 1.807) is 10.9 Å². The summed E-state index contributed by atoms with van der Waals surface area (Å²) < 4.78 is 13.3. The minimum absolute atomic E-state index is 0.399. The molecule has 1 aromatic heterocycles. The average molecular weight is 368 g/mol. The topological polar surface area (TPSA) is 64.4 Å². The van der Waals surface area contributed by atoms with Gasteiger partial charge in [-0.2, -0.15) is 14.9 Å². The van der Waals surface area contributed by atoms with Crippen LogP contribution in [0.1, 0.15) is 19.4 Å². The predicted octanol–water partition coefficient (Wildman–Crippen LogP) is 4.29. The molecule has 0 radical (unpaired) electrons. The molecule has 26 heavy (non-hydrogen) atoms. The summed E-state index contributed by atoms with van der Waals surface area (Å²) in [6, 6.07) is 15.4. The minimum Gasteiger partial charge on any atom is -0.493 e. The lowest BCUT2D eigenvalue weighted by Gasteiger charge is -2.09. The van der Waals surface area contributed by atoms with E-state index in [-0.39, 0.29) is 0 Å². The molecule has 0 saturated carbocycles. The molecule has 0 bridgehead atoms. The van der Waals surface area contributed by atoms with Crippen molar-refractivity contribution >= 4 is 18.4 Å². The molecule has 2 aromatic carbocycles. The monoisotopic (exact) mass is 368 g/mol. The van der Waals surface area contributed by atoms with Crippen molar-refractivity contribution in [3.05, 3.63) is 58.9 Å². The van der Waals surface area contributed by atoms with Crippen molar-refractivity contribution in [1.29, 1.82) is 0 Å². The van der Waals surface area contributed by atoms with Crippen molar-refractivity contribution in [3.8, 4) is 22.9 Å². The smallest absolute Gasteiger partial charge is 0.216 e. The number of benzene rings is 2. The Morgan fingerprint density at radius 2 is 1.69 bits per heavy atom. The van der Waals surface area contributed by atoms with E-state index in [1.165, 1.54) is 0 Å². The van der Waals surface area contributed by atoms with Crippen LogP contribution in [0.4, 0.5) is 0 Å². The standard InChI is InChI=1S/C19H20N4O2S/c1-3-24-16-11-7-5-9-14(16)13-20-23-18(21-22-19(23)26)15-10-6-8-12-17(15)25-4-2/h5-13H,3-4H2,1-2H3,(H,22,26)/b20-13-. The highest BCUT2D eigenvalue weighted by Gasteiger charge is 2.13. The van der Waals surface area contributed by atoms with Gasteiger partial charge in [0.2, 0.25) is 4.77 Å². The van der Waals surface area contributed by atoms with E-state index in [9.17, 15) is 0 Å². The summed E-state index contributed by atoms with van der Waals surface area (Å²) in [5.41, 5.74) is 1.68. The van der Waals surface area contributed by atoms with Crippen LogP contribution in [-0.2, 0) is 0 Å². The third-order valence-electron chi connectivity index (χ3n) is 3.61. The highest BCUT2D eigenvalue weighted by Crippen LogP contribution is 2.28.